The number of anilines is 1. The molecule has 0 saturated carbocycles. The van der Waals surface area contributed by atoms with Gasteiger partial charge in [-0.1, -0.05) is 24.3 Å². The molecule has 2 aromatic rings. The Morgan fingerprint density at radius 3 is 2.50 bits per heavy atom. The molecule has 0 aliphatic carbocycles. The van der Waals surface area contributed by atoms with Gasteiger partial charge in [-0.05, 0) is 5.18 Å². The first-order valence-corrected chi connectivity index (χ1v) is 4.07. The van der Waals surface area contributed by atoms with E-state index in [-0.39, 0.29) is 17.1 Å². The lowest BCUT2D eigenvalue weighted by atomic mass is 10.1. The number of benzene rings is 2. The van der Waals surface area contributed by atoms with Gasteiger partial charge in [0.05, 0.1) is 5.69 Å². The summed E-state index contributed by atoms with van der Waals surface area (Å²) in [5.41, 5.74) is 5.91. The second-order valence-corrected chi connectivity index (χ2v) is 2.97. The van der Waals surface area contributed by atoms with Crippen molar-refractivity contribution in [1.29, 1.82) is 0 Å². The summed E-state index contributed by atoms with van der Waals surface area (Å²) in [5.74, 6) is 0.0606. The Kier molecular flexibility index (Phi) is 1.81. The minimum absolute atomic E-state index is 0.0606. The van der Waals surface area contributed by atoms with E-state index in [0.717, 1.165) is 0 Å². The first-order valence-electron chi connectivity index (χ1n) is 4.07. The number of nitroso groups, excluding NO2 is 1. The number of hydrogen-bond acceptors (Lipinski definition) is 4. The van der Waals surface area contributed by atoms with Crippen LogP contribution in [0.5, 0.6) is 5.75 Å². The summed E-state index contributed by atoms with van der Waals surface area (Å²) in [5, 5.41) is 13.6. The van der Waals surface area contributed by atoms with E-state index in [2.05, 4.69) is 5.18 Å². The molecular weight excluding hydrogens is 180 g/mol. The molecule has 0 fully saturated rings. The van der Waals surface area contributed by atoms with Crippen LogP contribution in [0.15, 0.2) is 35.5 Å². The number of fused-ring (bicyclic) bond motifs is 1. The molecule has 0 atom stereocenters. The Bertz CT molecular complexity index is 509. The highest BCUT2D eigenvalue weighted by Crippen LogP contribution is 2.37. The maximum atomic E-state index is 10.5. The van der Waals surface area contributed by atoms with Gasteiger partial charge >= 0.3 is 0 Å². The number of phenolic OH excluding ortho intramolecular Hbond substituents is 1. The number of rotatable bonds is 1. The second-order valence-electron chi connectivity index (χ2n) is 2.97. The Morgan fingerprint density at radius 1 is 1.21 bits per heavy atom. The molecule has 0 radical (unpaired) electrons. The minimum Gasteiger partial charge on any atom is -0.507 e. The fraction of sp³-hybridized carbons (Fsp3) is 0. The van der Waals surface area contributed by atoms with E-state index >= 15 is 0 Å². The molecule has 0 spiro atoms. The van der Waals surface area contributed by atoms with Gasteiger partial charge in [0.1, 0.15) is 11.4 Å². The van der Waals surface area contributed by atoms with Gasteiger partial charge in [-0.15, -0.1) is 4.91 Å². The van der Waals surface area contributed by atoms with Crippen LogP contribution >= 0.6 is 0 Å². The monoisotopic (exact) mass is 188 g/mol. The highest BCUT2D eigenvalue weighted by molar-refractivity contribution is 6.01. The fourth-order valence-corrected chi connectivity index (χ4v) is 1.46. The van der Waals surface area contributed by atoms with Crippen molar-refractivity contribution in [2.24, 2.45) is 5.18 Å². The van der Waals surface area contributed by atoms with Crippen LogP contribution < -0.4 is 5.73 Å². The lowest BCUT2D eigenvalue weighted by Crippen LogP contribution is -1.86. The quantitative estimate of drug-likeness (QED) is 0.533. The third-order valence-corrected chi connectivity index (χ3v) is 2.12. The highest BCUT2D eigenvalue weighted by Gasteiger charge is 2.09. The molecule has 2 rings (SSSR count). The Morgan fingerprint density at radius 2 is 1.86 bits per heavy atom. The van der Waals surface area contributed by atoms with Crippen LogP contribution in [0.4, 0.5) is 11.4 Å². The number of hydrogen-bond donors (Lipinski definition) is 2. The van der Waals surface area contributed by atoms with E-state index in [4.69, 9.17) is 5.73 Å². The van der Waals surface area contributed by atoms with Crippen LogP contribution in [0, 0.1) is 4.91 Å². The first-order chi connectivity index (χ1) is 6.74. The molecule has 0 aliphatic rings. The van der Waals surface area contributed by atoms with E-state index in [1.54, 1.807) is 24.3 Å². The van der Waals surface area contributed by atoms with Crippen molar-refractivity contribution < 1.29 is 5.11 Å². The summed E-state index contributed by atoms with van der Waals surface area (Å²) in [4.78, 5) is 10.5. The van der Waals surface area contributed by atoms with Gasteiger partial charge in [-0.3, -0.25) is 0 Å². The molecule has 4 nitrogen and oxygen atoms in total. The molecule has 0 saturated heterocycles. The van der Waals surface area contributed by atoms with Gasteiger partial charge in [0, 0.05) is 16.8 Å². The standard InChI is InChI=1S/C10H8N2O2/c11-8-5-9(13)6-3-1-2-4-7(6)10(8)12-14/h1-5,13H,11H2. The van der Waals surface area contributed by atoms with Crippen LogP contribution in [0.1, 0.15) is 0 Å². The van der Waals surface area contributed by atoms with E-state index in [0.29, 0.717) is 10.8 Å². The number of nitrogens with two attached hydrogens (primary N) is 1. The van der Waals surface area contributed by atoms with E-state index in [9.17, 15) is 10.0 Å². The lowest BCUT2D eigenvalue weighted by molar-refractivity contribution is 0.482. The third kappa shape index (κ3) is 1.08. The number of nitrogens with zero attached hydrogens (tertiary/aromatic N) is 1. The van der Waals surface area contributed by atoms with Gasteiger partial charge < -0.3 is 10.8 Å². The molecular formula is C10H8N2O2. The summed E-state index contributed by atoms with van der Waals surface area (Å²) in [6.07, 6.45) is 0. The smallest absolute Gasteiger partial charge is 0.138 e. The van der Waals surface area contributed by atoms with Crippen molar-refractivity contribution in [2.45, 2.75) is 0 Å². The van der Waals surface area contributed by atoms with Crippen LogP contribution in [0.3, 0.4) is 0 Å². The van der Waals surface area contributed by atoms with Crippen LogP contribution in [0.25, 0.3) is 10.8 Å². The Balaban J connectivity index is 2.97. The van der Waals surface area contributed by atoms with Crippen LogP contribution in [-0.2, 0) is 0 Å². The molecule has 70 valence electrons. The second kappa shape index (κ2) is 2.99. The SMILES string of the molecule is Nc1cc(O)c2ccccc2c1N=O. The van der Waals surface area contributed by atoms with E-state index < -0.39 is 0 Å². The van der Waals surface area contributed by atoms with Crippen molar-refractivity contribution in [3.63, 3.8) is 0 Å². The zero-order chi connectivity index (χ0) is 10.1. The molecule has 0 unspecified atom stereocenters. The maximum Gasteiger partial charge on any atom is 0.138 e. The van der Waals surface area contributed by atoms with Gasteiger partial charge in [0.15, 0.2) is 0 Å². The molecule has 0 aromatic heterocycles. The zero-order valence-corrected chi connectivity index (χ0v) is 7.27. The summed E-state index contributed by atoms with van der Waals surface area (Å²) < 4.78 is 0. The summed E-state index contributed by atoms with van der Waals surface area (Å²) in [6.45, 7) is 0. The molecule has 0 bridgehead atoms. The predicted molar refractivity (Wildman–Crippen MR) is 55.5 cm³/mol. The summed E-state index contributed by atoms with van der Waals surface area (Å²) in [6, 6.07) is 8.27. The topological polar surface area (TPSA) is 75.7 Å². The molecule has 0 aliphatic heterocycles. The maximum absolute atomic E-state index is 10.5. The van der Waals surface area contributed by atoms with Crippen molar-refractivity contribution >= 4 is 22.1 Å². The molecule has 3 N–H and O–H groups in total. The number of phenols is 1. The largest absolute Gasteiger partial charge is 0.507 e. The summed E-state index contributed by atoms with van der Waals surface area (Å²) >= 11 is 0. The average Bonchev–Trinajstić information content (AvgIpc) is 2.18. The first kappa shape index (κ1) is 8.50. The molecule has 0 amide bonds. The van der Waals surface area contributed by atoms with Crippen molar-refractivity contribution in [3.05, 3.63) is 35.2 Å². The van der Waals surface area contributed by atoms with Gasteiger partial charge in [-0.2, -0.15) is 0 Å². The normalized spacial score (nSPS) is 10.3. The van der Waals surface area contributed by atoms with Crippen LogP contribution in [0.2, 0.25) is 0 Å². The van der Waals surface area contributed by atoms with Gasteiger partial charge in [0.25, 0.3) is 0 Å². The fourth-order valence-electron chi connectivity index (χ4n) is 1.46. The Labute approximate surface area is 79.9 Å². The summed E-state index contributed by atoms with van der Waals surface area (Å²) in [7, 11) is 0. The molecule has 0 heterocycles. The molecule has 4 heteroatoms. The number of aromatic hydroxyl groups is 1. The average molecular weight is 188 g/mol. The minimum atomic E-state index is 0.0606. The molecule has 2 aromatic carbocycles. The highest BCUT2D eigenvalue weighted by atomic mass is 16.3. The molecule has 14 heavy (non-hydrogen) atoms. The van der Waals surface area contributed by atoms with Gasteiger partial charge in [0.2, 0.25) is 0 Å². The van der Waals surface area contributed by atoms with Gasteiger partial charge in [-0.25, -0.2) is 0 Å². The number of nitrogen functional groups attached to an aromatic ring is 1. The van der Waals surface area contributed by atoms with E-state index in [1.807, 2.05) is 0 Å². The van der Waals surface area contributed by atoms with Crippen molar-refractivity contribution in [2.75, 3.05) is 5.73 Å². The van der Waals surface area contributed by atoms with E-state index in [1.165, 1.54) is 6.07 Å². The van der Waals surface area contributed by atoms with Crippen molar-refractivity contribution in [3.8, 4) is 5.75 Å². The van der Waals surface area contributed by atoms with Crippen LogP contribution in [-0.4, -0.2) is 5.11 Å². The Hall–Kier alpha value is -2.10. The predicted octanol–water partition coefficient (Wildman–Crippen LogP) is 2.53. The third-order valence-electron chi connectivity index (χ3n) is 2.12. The zero-order valence-electron chi connectivity index (χ0n) is 7.27. The van der Waals surface area contributed by atoms with Crippen molar-refractivity contribution in [1.82, 2.24) is 0 Å². The lowest BCUT2D eigenvalue weighted by Gasteiger charge is -2.04.